The molecule has 0 aliphatic heterocycles. The van der Waals surface area contributed by atoms with Crippen LogP contribution in [0, 0.1) is 13.8 Å². The van der Waals surface area contributed by atoms with Crippen LogP contribution >= 0.6 is 0 Å². The Kier molecular flexibility index (Phi) is 5.09. The number of aryl methyl sites for hydroxylation is 2. The van der Waals surface area contributed by atoms with Crippen molar-refractivity contribution in [2.24, 2.45) is 5.73 Å². The first-order valence-corrected chi connectivity index (χ1v) is 7.21. The molecule has 1 unspecified atom stereocenters. The second kappa shape index (κ2) is 6.83. The van der Waals surface area contributed by atoms with Crippen molar-refractivity contribution >= 4 is 0 Å². The Labute approximate surface area is 125 Å². The highest BCUT2D eigenvalue weighted by Gasteiger charge is 2.15. The van der Waals surface area contributed by atoms with Crippen molar-refractivity contribution in [1.82, 2.24) is 10.1 Å². The zero-order valence-corrected chi connectivity index (χ0v) is 13.1. The molecule has 114 valence electrons. The average molecular weight is 289 g/mol. The summed E-state index contributed by atoms with van der Waals surface area (Å²) in [6.07, 6.45) is 0.754. The molecular weight excluding hydrogens is 266 g/mol. The Morgan fingerprint density at radius 1 is 1.24 bits per heavy atom. The van der Waals surface area contributed by atoms with E-state index in [1.165, 1.54) is 11.1 Å². The predicted octanol–water partition coefficient (Wildman–Crippen LogP) is 2.70. The second-order valence-electron chi connectivity index (χ2n) is 5.63. The van der Waals surface area contributed by atoms with Crippen LogP contribution in [0.25, 0.3) is 0 Å². The first-order chi connectivity index (χ1) is 9.95. The van der Waals surface area contributed by atoms with E-state index in [9.17, 15) is 0 Å². The van der Waals surface area contributed by atoms with Crippen LogP contribution in [0.15, 0.2) is 22.7 Å². The van der Waals surface area contributed by atoms with E-state index in [1.807, 2.05) is 13.8 Å². The van der Waals surface area contributed by atoms with E-state index in [4.69, 9.17) is 15.0 Å². The normalized spacial score (nSPS) is 12.9. The maximum Gasteiger partial charge on any atom is 0.231 e. The molecule has 0 aliphatic carbocycles. The van der Waals surface area contributed by atoms with Gasteiger partial charge in [0.15, 0.2) is 5.82 Å². The van der Waals surface area contributed by atoms with Gasteiger partial charge >= 0.3 is 0 Å². The molecule has 2 N–H and O–H groups in total. The minimum atomic E-state index is -0.357. The van der Waals surface area contributed by atoms with Gasteiger partial charge in [-0.25, -0.2) is 0 Å². The van der Waals surface area contributed by atoms with E-state index in [-0.39, 0.29) is 12.1 Å². The molecule has 0 radical (unpaired) electrons. The Bertz CT molecular complexity index is 593. The van der Waals surface area contributed by atoms with Crippen LogP contribution in [-0.2, 0) is 11.2 Å². The van der Waals surface area contributed by atoms with Gasteiger partial charge in [-0.05, 0) is 44.4 Å². The monoisotopic (exact) mass is 289 g/mol. The van der Waals surface area contributed by atoms with Crippen molar-refractivity contribution in [3.05, 3.63) is 46.6 Å². The first-order valence-electron chi connectivity index (χ1n) is 7.21. The summed E-state index contributed by atoms with van der Waals surface area (Å²) >= 11 is 0. The fourth-order valence-electron chi connectivity index (χ4n) is 1.95. The largest absolute Gasteiger partial charge is 0.377 e. The summed E-state index contributed by atoms with van der Waals surface area (Å²) in [5.41, 5.74) is 9.67. The predicted molar refractivity (Wildman–Crippen MR) is 81.0 cm³/mol. The van der Waals surface area contributed by atoms with Crippen LogP contribution in [-0.4, -0.2) is 22.9 Å². The van der Waals surface area contributed by atoms with Gasteiger partial charge in [-0.2, -0.15) is 4.98 Å². The van der Waals surface area contributed by atoms with Crippen molar-refractivity contribution in [2.75, 3.05) is 6.61 Å². The smallest absolute Gasteiger partial charge is 0.231 e. The summed E-state index contributed by atoms with van der Waals surface area (Å²) in [5, 5.41) is 3.94. The number of ether oxygens (including phenoxy) is 1. The summed E-state index contributed by atoms with van der Waals surface area (Å²) in [7, 11) is 0. The Hall–Kier alpha value is -1.72. The lowest BCUT2D eigenvalue weighted by atomic mass is 10.0. The van der Waals surface area contributed by atoms with E-state index in [1.54, 1.807) is 0 Å². The lowest BCUT2D eigenvalue weighted by molar-refractivity contribution is 0.0665. The maximum atomic E-state index is 5.98. The summed E-state index contributed by atoms with van der Waals surface area (Å²) < 4.78 is 10.7. The molecule has 2 rings (SSSR count). The molecule has 0 aliphatic rings. The van der Waals surface area contributed by atoms with Crippen molar-refractivity contribution in [1.29, 1.82) is 0 Å². The molecule has 1 heterocycles. The fraction of sp³-hybridized carbons (Fsp3) is 0.500. The molecule has 0 fully saturated rings. The van der Waals surface area contributed by atoms with E-state index in [0.717, 1.165) is 5.56 Å². The summed E-state index contributed by atoms with van der Waals surface area (Å²) in [6, 6.07) is 5.96. The zero-order chi connectivity index (χ0) is 15.4. The highest BCUT2D eigenvalue weighted by atomic mass is 16.5. The van der Waals surface area contributed by atoms with Crippen LogP contribution in [0.3, 0.4) is 0 Å². The number of hydrogen-bond acceptors (Lipinski definition) is 5. The molecular formula is C16H23N3O2. The van der Waals surface area contributed by atoms with Gasteiger partial charge in [-0.3, -0.25) is 0 Å². The molecule has 1 aromatic carbocycles. The van der Waals surface area contributed by atoms with E-state index in [0.29, 0.717) is 24.7 Å². The third-order valence-electron chi connectivity index (χ3n) is 3.35. The summed E-state index contributed by atoms with van der Waals surface area (Å²) in [5.74, 6) is 1.07. The van der Waals surface area contributed by atoms with Crippen LogP contribution < -0.4 is 5.73 Å². The molecule has 0 spiro atoms. The van der Waals surface area contributed by atoms with Gasteiger partial charge in [0, 0.05) is 0 Å². The highest BCUT2D eigenvalue weighted by molar-refractivity contribution is 5.31. The van der Waals surface area contributed by atoms with E-state index in [2.05, 4.69) is 42.2 Å². The molecule has 0 bridgehead atoms. The van der Waals surface area contributed by atoms with E-state index >= 15 is 0 Å². The van der Waals surface area contributed by atoms with Gasteiger partial charge in [0.25, 0.3) is 0 Å². The van der Waals surface area contributed by atoms with Gasteiger partial charge in [0.05, 0.1) is 25.2 Å². The number of aromatic nitrogens is 2. The van der Waals surface area contributed by atoms with Crippen LogP contribution in [0.4, 0.5) is 0 Å². The number of benzene rings is 1. The number of rotatable bonds is 6. The molecule has 2 aromatic rings. The molecule has 1 aromatic heterocycles. The molecule has 0 amide bonds. The SMILES string of the molecule is Cc1ccc(Cc2nc(C(N)COC(C)C)no2)cc1C. The first kappa shape index (κ1) is 15.7. The molecule has 0 saturated carbocycles. The third-order valence-corrected chi connectivity index (χ3v) is 3.35. The van der Waals surface area contributed by atoms with Crippen LogP contribution in [0.1, 0.15) is 48.3 Å². The van der Waals surface area contributed by atoms with Gasteiger partial charge in [0.1, 0.15) is 0 Å². The number of nitrogens with two attached hydrogens (primary N) is 1. The Balaban J connectivity index is 2.00. The lowest BCUT2D eigenvalue weighted by Gasteiger charge is -2.10. The molecule has 5 heteroatoms. The average Bonchev–Trinajstić information content (AvgIpc) is 2.89. The van der Waals surface area contributed by atoms with Crippen molar-refractivity contribution in [3.8, 4) is 0 Å². The van der Waals surface area contributed by atoms with Crippen LogP contribution in [0.2, 0.25) is 0 Å². The van der Waals surface area contributed by atoms with Crippen molar-refractivity contribution < 1.29 is 9.26 Å². The summed E-state index contributed by atoms with van der Waals surface area (Å²) in [4.78, 5) is 4.35. The van der Waals surface area contributed by atoms with Gasteiger partial charge in [-0.15, -0.1) is 0 Å². The van der Waals surface area contributed by atoms with E-state index < -0.39 is 0 Å². The molecule has 1 atom stereocenters. The number of hydrogen-bond donors (Lipinski definition) is 1. The molecule has 21 heavy (non-hydrogen) atoms. The maximum absolute atomic E-state index is 5.98. The quantitative estimate of drug-likeness (QED) is 0.885. The lowest BCUT2D eigenvalue weighted by Crippen LogP contribution is -2.20. The van der Waals surface area contributed by atoms with Crippen molar-refractivity contribution in [3.63, 3.8) is 0 Å². The van der Waals surface area contributed by atoms with Gasteiger partial charge in [0.2, 0.25) is 5.89 Å². The van der Waals surface area contributed by atoms with Crippen molar-refractivity contribution in [2.45, 2.75) is 46.3 Å². The minimum absolute atomic E-state index is 0.137. The zero-order valence-electron chi connectivity index (χ0n) is 13.1. The Morgan fingerprint density at radius 2 is 2.00 bits per heavy atom. The van der Waals surface area contributed by atoms with Crippen LogP contribution in [0.5, 0.6) is 0 Å². The van der Waals surface area contributed by atoms with Gasteiger partial charge in [-0.1, -0.05) is 23.4 Å². The standard InChI is InChI=1S/C16H23N3O2/c1-10(2)20-9-14(17)16-18-15(21-19-16)8-13-6-5-11(3)12(4)7-13/h5-7,10,14H,8-9,17H2,1-4H3. The number of nitrogens with zero attached hydrogens (tertiary/aromatic N) is 2. The van der Waals surface area contributed by atoms with Gasteiger partial charge < -0.3 is 15.0 Å². The summed E-state index contributed by atoms with van der Waals surface area (Å²) in [6.45, 7) is 8.51. The second-order valence-corrected chi connectivity index (χ2v) is 5.63. The minimum Gasteiger partial charge on any atom is -0.377 e. The fourth-order valence-corrected chi connectivity index (χ4v) is 1.95. The third kappa shape index (κ3) is 4.37. The topological polar surface area (TPSA) is 74.2 Å². The highest BCUT2D eigenvalue weighted by Crippen LogP contribution is 2.15. The molecule has 0 saturated heterocycles. The Morgan fingerprint density at radius 3 is 2.67 bits per heavy atom. The molecule has 5 nitrogen and oxygen atoms in total.